The average Bonchev–Trinajstić information content (AvgIpc) is 2.55. The van der Waals surface area contributed by atoms with E-state index in [2.05, 4.69) is 0 Å². The van der Waals surface area contributed by atoms with E-state index in [0.29, 0.717) is 0 Å². The third kappa shape index (κ3) is 3.79. The Morgan fingerprint density at radius 3 is 1.74 bits per heavy atom. The van der Waals surface area contributed by atoms with Gasteiger partial charge < -0.3 is 20.1 Å². The predicted octanol–water partition coefficient (Wildman–Crippen LogP) is 2.26. The number of benzene rings is 2. The molecule has 0 heterocycles. The van der Waals surface area contributed by atoms with Crippen LogP contribution in [0.25, 0.3) is 11.1 Å². The molecule has 0 aliphatic rings. The van der Waals surface area contributed by atoms with Crippen LogP contribution in [-0.4, -0.2) is 40.0 Å². The summed E-state index contributed by atoms with van der Waals surface area (Å²) in [7, 11) is 0. The van der Waals surface area contributed by atoms with Crippen molar-refractivity contribution in [3.8, 4) is 11.1 Å². The highest BCUT2D eigenvalue weighted by Gasteiger charge is 2.19. The number of rotatable bonds is 4. The SMILES string of the molecule is C=O.O=C(O)c1ccc(C(=O)O)c(-c2ccccc2C(=O)O)c1. The highest BCUT2D eigenvalue weighted by molar-refractivity contribution is 6.03. The second-order valence-electron chi connectivity index (χ2n) is 4.22. The summed E-state index contributed by atoms with van der Waals surface area (Å²) in [5, 5.41) is 27.4. The molecule has 2 aromatic carbocycles. The summed E-state index contributed by atoms with van der Waals surface area (Å²) >= 11 is 0. The van der Waals surface area contributed by atoms with Crippen LogP contribution in [0, 0.1) is 0 Å². The highest BCUT2D eigenvalue weighted by Crippen LogP contribution is 2.28. The van der Waals surface area contributed by atoms with Crippen molar-refractivity contribution < 1.29 is 34.5 Å². The molecule has 0 radical (unpaired) electrons. The van der Waals surface area contributed by atoms with E-state index in [-0.39, 0.29) is 27.8 Å². The van der Waals surface area contributed by atoms with E-state index in [0.717, 1.165) is 12.1 Å². The van der Waals surface area contributed by atoms with Gasteiger partial charge in [-0.15, -0.1) is 0 Å². The number of aromatic carboxylic acids is 3. The monoisotopic (exact) mass is 316 g/mol. The molecular weight excluding hydrogens is 304 g/mol. The van der Waals surface area contributed by atoms with Crippen LogP contribution in [-0.2, 0) is 4.79 Å². The number of hydrogen-bond acceptors (Lipinski definition) is 4. The molecular formula is C16H12O7. The Kier molecular flexibility index (Phi) is 5.73. The molecule has 0 saturated carbocycles. The van der Waals surface area contributed by atoms with Crippen molar-refractivity contribution in [2.75, 3.05) is 0 Å². The van der Waals surface area contributed by atoms with E-state index < -0.39 is 17.9 Å². The number of carbonyl (C=O) groups is 4. The quantitative estimate of drug-likeness (QED) is 0.788. The van der Waals surface area contributed by atoms with E-state index in [1.54, 1.807) is 6.07 Å². The fourth-order valence-electron chi connectivity index (χ4n) is 1.99. The summed E-state index contributed by atoms with van der Waals surface area (Å²) in [6.07, 6.45) is 0. The molecule has 0 atom stereocenters. The molecule has 0 unspecified atom stereocenters. The van der Waals surface area contributed by atoms with Crippen molar-refractivity contribution in [2.24, 2.45) is 0 Å². The smallest absolute Gasteiger partial charge is 0.336 e. The Morgan fingerprint density at radius 2 is 1.22 bits per heavy atom. The van der Waals surface area contributed by atoms with Gasteiger partial charge in [-0.05, 0) is 35.4 Å². The Labute approximate surface area is 130 Å². The van der Waals surface area contributed by atoms with Crippen LogP contribution < -0.4 is 0 Å². The van der Waals surface area contributed by atoms with Crippen LogP contribution >= 0.6 is 0 Å². The van der Waals surface area contributed by atoms with Gasteiger partial charge in [0, 0.05) is 0 Å². The van der Waals surface area contributed by atoms with Gasteiger partial charge in [0.2, 0.25) is 0 Å². The second kappa shape index (κ2) is 7.51. The van der Waals surface area contributed by atoms with Crippen LogP contribution in [0.5, 0.6) is 0 Å². The molecule has 0 spiro atoms. The molecule has 0 saturated heterocycles. The molecule has 0 aliphatic heterocycles. The zero-order valence-corrected chi connectivity index (χ0v) is 11.7. The topological polar surface area (TPSA) is 129 Å². The molecule has 7 nitrogen and oxygen atoms in total. The van der Waals surface area contributed by atoms with Crippen molar-refractivity contribution in [1.29, 1.82) is 0 Å². The van der Waals surface area contributed by atoms with E-state index in [1.165, 1.54) is 24.3 Å². The largest absolute Gasteiger partial charge is 0.478 e. The predicted molar refractivity (Wildman–Crippen MR) is 79.9 cm³/mol. The van der Waals surface area contributed by atoms with Gasteiger partial charge in [0.15, 0.2) is 0 Å². The molecule has 0 aromatic heterocycles. The van der Waals surface area contributed by atoms with Crippen molar-refractivity contribution in [3.05, 3.63) is 59.2 Å². The molecule has 2 aromatic rings. The standard InChI is InChI=1S/C15H10O6.CH2O/c16-13(17)8-5-6-11(15(20)21)12(7-8)9-3-1-2-4-10(9)14(18)19;1-2/h1-7H,(H,16,17)(H,18,19)(H,20,21);1H2. The van der Waals surface area contributed by atoms with Crippen LogP contribution in [0.3, 0.4) is 0 Å². The fraction of sp³-hybridized carbons (Fsp3) is 0. The van der Waals surface area contributed by atoms with Crippen LogP contribution in [0.1, 0.15) is 31.1 Å². The summed E-state index contributed by atoms with van der Waals surface area (Å²) in [6, 6.07) is 9.31. The molecule has 0 amide bonds. The summed E-state index contributed by atoms with van der Waals surface area (Å²) in [6.45, 7) is 2.00. The molecule has 7 heteroatoms. The van der Waals surface area contributed by atoms with Gasteiger partial charge >= 0.3 is 17.9 Å². The average molecular weight is 316 g/mol. The van der Waals surface area contributed by atoms with Crippen LogP contribution in [0.15, 0.2) is 42.5 Å². The molecule has 3 N–H and O–H groups in total. The van der Waals surface area contributed by atoms with Gasteiger partial charge in [0.05, 0.1) is 16.7 Å². The van der Waals surface area contributed by atoms with E-state index in [4.69, 9.17) is 9.90 Å². The maximum absolute atomic E-state index is 11.3. The lowest BCUT2D eigenvalue weighted by atomic mass is 9.93. The van der Waals surface area contributed by atoms with Crippen LogP contribution in [0.2, 0.25) is 0 Å². The van der Waals surface area contributed by atoms with Crippen molar-refractivity contribution in [3.63, 3.8) is 0 Å². The molecule has 2 rings (SSSR count). The first-order chi connectivity index (χ1) is 10.9. The van der Waals surface area contributed by atoms with Gasteiger partial charge in [0.1, 0.15) is 6.79 Å². The van der Waals surface area contributed by atoms with E-state index in [1.807, 2.05) is 6.79 Å². The van der Waals surface area contributed by atoms with Gasteiger partial charge in [-0.3, -0.25) is 0 Å². The third-order valence-corrected chi connectivity index (χ3v) is 2.94. The minimum Gasteiger partial charge on any atom is -0.478 e. The third-order valence-electron chi connectivity index (χ3n) is 2.94. The molecule has 118 valence electrons. The molecule has 23 heavy (non-hydrogen) atoms. The fourth-order valence-corrected chi connectivity index (χ4v) is 1.99. The Hall–Kier alpha value is -3.48. The van der Waals surface area contributed by atoms with Crippen LogP contribution in [0.4, 0.5) is 0 Å². The number of carbonyl (C=O) groups excluding carboxylic acids is 1. The maximum Gasteiger partial charge on any atom is 0.336 e. The summed E-state index contributed by atoms with van der Waals surface area (Å²) in [5.41, 5.74) is -0.155. The maximum atomic E-state index is 11.3. The Bertz CT molecular complexity index is 765. The summed E-state index contributed by atoms with van der Waals surface area (Å²) in [4.78, 5) is 41.5. The van der Waals surface area contributed by atoms with Gasteiger partial charge in [-0.2, -0.15) is 0 Å². The van der Waals surface area contributed by atoms with Gasteiger partial charge in [-0.1, -0.05) is 18.2 Å². The zero-order chi connectivity index (χ0) is 17.6. The van der Waals surface area contributed by atoms with E-state index >= 15 is 0 Å². The van der Waals surface area contributed by atoms with Crippen molar-refractivity contribution in [2.45, 2.75) is 0 Å². The zero-order valence-electron chi connectivity index (χ0n) is 11.7. The second-order valence-corrected chi connectivity index (χ2v) is 4.22. The highest BCUT2D eigenvalue weighted by atomic mass is 16.4. The first-order valence-corrected chi connectivity index (χ1v) is 6.14. The summed E-state index contributed by atoms with van der Waals surface area (Å²) in [5.74, 6) is -3.70. The molecule has 0 aliphatic carbocycles. The Balaban J connectivity index is 0.00000127. The minimum atomic E-state index is -1.26. The lowest BCUT2D eigenvalue weighted by molar-refractivity contribution is -0.0980. The van der Waals surface area contributed by atoms with Gasteiger partial charge in [0.25, 0.3) is 0 Å². The lowest BCUT2D eigenvalue weighted by Gasteiger charge is -2.10. The first-order valence-electron chi connectivity index (χ1n) is 6.14. The molecule has 0 bridgehead atoms. The minimum absolute atomic E-state index is 0.0559. The molecule has 0 fully saturated rings. The van der Waals surface area contributed by atoms with Crippen molar-refractivity contribution >= 4 is 24.7 Å². The lowest BCUT2D eigenvalue weighted by Crippen LogP contribution is -2.06. The number of carboxylic acids is 3. The summed E-state index contributed by atoms with van der Waals surface area (Å²) < 4.78 is 0. The van der Waals surface area contributed by atoms with Gasteiger partial charge in [-0.25, -0.2) is 14.4 Å². The Morgan fingerprint density at radius 1 is 0.696 bits per heavy atom. The normalized spacial score (nSPS) is 9.39. The first kappa shape index (κ1) is 17.6. The van der Waals surface area contributed by atoms with E-state index in [9.17, 15) is 24.6 Å². The van der Waals surface area contributed by atoms with Crippen molar-refractivity contribution in [1.82, 2.24) is 0 Å². The number of hydrogen-bond donors (Lipinski definition) is 3. The number of carboxylic acid groups (broad SMARTS) is 3.